The summed E-state index contributed by atoms with van der Waals surface area (Å²) in [5, 5.41) is 3.55. The Balaban J connectivity index is 1.73. The molecule has 2 saturated heterocycles. The molecular formula is C42H64F3N3O2. The van der Waals surface area contributed by atoms with Crippen LogP contribution >= 0.6 is 0 Å². The van der Waals surface area contributed by atoms with Gasteiger partial charge in [-0.1, -0.05) is 56.9 Å². The molecule has 0 spiro atoms. The number of Topliss-reactive ketones (excluding diaryl/α,β-unsaturated/α-hetero) is 1. The topological polar surface area (TPSA) is 67.6 Å². The van der Waals surface area contributed by atoms with Crippen molar-refractivity contribution >= 4 is 11.4 Å². The van der Waals surface area contributed by atoms with Gasteiger partial charge in [0.25, 0.3) is 0 Å². The van der Waals surface area contributed by atoms with Crippen LogP contribution in [0.2, 0.25) is 0 Å². The fourth-order valence-corrected chi connectivity index (χ4v) is 8.04. The fourth-order valence-electron chi connectivity index (χ4n) is 8.04. The van der Waals surface area contributed by atoms with E-state index in [4.69, 9.17) is 10.5 Å². The third-order valence-corrected chi connectivity index (χ3v) is 11.0. The molecule has 2 fully saturated rings. The molecule has 2 aliphatic heterocycles. The highest BCUT2D eigenvalue weighted by Gasteiger charge is 2.40. The molecule has 3 unspecified atom stereocenters. The Morgan fingerprint density at radius 2 is 1.70 bits per heavy atom. The zero-order valence-corrected chi connectivity index (χ0v) is 31.9. The number of ketones is 1. The number of ether oxygens (including phenoxy) is 1. The third-order valence-electron chi connectivity index (χ3n) is 11.0. The van der Waals surface area contributed by atoms with E-state index in [1.54, 1.807) is 12.1 Å². The lowest BCUT2D eigenvalue weighted by Gasteiger charge is -2.45. The number of rotatable bonds is 20. The fraction of sp³-hybridized carbons (Fsp3) is 0.643. The van der Waals surface area contributed by atoms with Crippen molar-refractivity contribution in [3.05, 3.63) is 75.8 Å². The molecule has 0 saturated carbocycles. The van der Waals surface area contributed by atoms with Gasteiger partial charge in [-0.15, -0.1) is 0 Å². The molecule has 0 aromatic heterocycles. The first-order valence-electron chi connectivity index (χ1n) is 18.9. The molecule has 3 rings (SSSR count). The van der Waals surface area contributed by atoms with Gasteiger partial charge in [0.05, 0.1) is 25.4 Å². The standard InChI is InChI=1S/C42H64F3N3O2/c1-9-47-40(20-15-13-11-10-12-14-17-28(2)48-29(3)21-35(24-43)22-30(48)4)38(23-39(34(8)49)42(46)26-50-27-42)33(7)31(5)32(6)37-19-16-18-36(25-44)41(37)45/h16,18-19,23,28-30,35,47H,7,9-15,17,20-22,24-27,46H2,1-6,8H3/b32-31+,39-23+,40-38-. The third kappa shape index (κ3) is 10.7. The summed E-state index contributed by atoms with van der Waals surface area (Å²) >= 11 is 0. The number of unbranched alkanes of at least 4 members (excludes halogenated alkanes) is 5. The lowest BCUT2D eigenvalue weighted by molar-refractivity contribution is -0.117. The van der Waals surface area contributed by atoms with Gasteiger partial charge in [-0.3, -0.25) is 14.1 Å². The molecular weight excluding hydrogens is 635 g/mol. The van der Waals surface area contributed by atoms with Crippen molar-refractivity contribution in [3.63, 3.8) is 0 Å². The van der Waals surface area contributed by atoms with E-state index in [9.17, 15) is 13.6 Å². The molecule has 1 aromatic rings. The van der Waals surface area contributed by atoms with Crippen LogP contribution in [0.1, 0.15) is 124 Å². The van der Waals surface area contributed by atoms with Gasteiger partial charge in [0, 0.05) is 52.6 Å². The Labute approximate surface area is 300 Å². The van der Waals surface area contributed by atoms with E-state index in [-0.39, 0.29) is 37.2 Å². The van der Waals surface area contributed by atoms with Crippen molar-refractivity contribution in [2.24, 2.45) is 11.7 Å². The molecule has 3 atom stereocenters. The average Bonchev–Trinajstić information content (AvgIpc) is 3.07. The molecule has 5 nitrogen and oxygen atoms in total. The molecule has 0 amide bonds. The minimum Gasteiger partial charge on any atom is -0.388 e. The highest BCUT2D eigenvalue weighted by molar-refractivity contribution is 5.96. The van der Waals surface area contributed by atoms with Crippen LogP contribution in [-0.2, 0) is 16.2 Å². The molecule has 1 aromatic carbocycles. The number of allylic oxidation sites excluding steroid dienone is 6. The number of likely N-dealkylation sites (tertiary alicyclic amines) is 1. The molecule has 50 heavy (non-hydrogen) atoms. The molecule has 0 aliphatic carbocycles. The Hall–Kier alpha value is -2.68. The second-order valence-corrected chi connectivity index (χ2v) is 15.0. The number of nitrogens with two attached hydrogens (primary N) is 1. The van der Waals surface area contributed by atoms with Crippen LogP contribution in [0, 0.1) is 11.7 Å². The number of alkyl halides is 2. The second-order valence-electron chi connectivity index (χ2n) is 15.0. The van der Waals surface area contributed by atoms with Gasteiger partial charge in [-0.2, -0.15) is 0 Å². The Morgan fingerprint density at radius 3 is 2.24 bits per heavy atom. The quantitative estimate of drug-likeness (QED) is 0.0806. The van der Waals surface area contributed by atoms with E-state index in [1.165, 1.54) is 38.7 Å². The van der Waals surface area contributed by atoms with Crippen LogP contribution in [0.3, 0.4) is 0 Å². The van der Waals surface area contributed by atoms with Gasteiger partial charge >= 0.3 is 0 Å². The van der Waals surface area contributed by atoms with Gasteiger partial charge in [-0.25, -0.2) is 8.78 Å². The van der Waals surface area contributed by atoms with E-state index in [0.717, 1.165) is 55.4 Å². The van der Waals surface area contributed by atoms with Gasteiger partial charge in [0.2, 0.25) is 0 Å². The number of halogens is 3. The summed E-state index contributed by atoms with van der Waals surface area (Å²) in [7, 11) is 0. The molecule has 8 heteroatoms. The Morgan fingerprint density at radius 1 is 1.08 bits per heavy atom. The molecule has 2 aliphatic rings. The zero-order chi connectivity index (χ0) is 37.0. The number of hydrogen-bond acceptors (Lipinski definition) is 5. The van der Waals surface area contributed by atoms with Crippen LogP contribution in [0.5, 0.6) is 0 Å². The van der Waals surface area contributed by atoms with Crippen LogP contribution in [0.15, 0.2) is 58.8 Å². The van der Waals surface area contributed by atoms with Crippen molar-refractivity contribution in [3.8, 4) is 0 Å². The Kier molecular flexibility index (Phi) is 16.5. The molecule has 0 bridgehead atoms. The average molecular weight is 700 g/mol. The minimum absolute atomic E-state index is 0.0201. The van der Waals surface area contributed by atoms with E-state index in [2.05, 4.69) is 37.6 Å². The summed E-state index contributed by atoms with van der Waals surface area (Å²) in [6, 6.07) is 6.16. The van der Waals surface area contributed by atoms with Crippen molar-refractivity contribution < 1.29 is 22.7 Å². The maximum atomic E-state index is 15.2. The summed E-state index contributed by atoms with van der Waals surface area (Å²) in [5.41, 5.74) is 10.4. The van der Waals surface area contributed by atoms with E-state index >= 15 is 4.39 Å². The van der Waals surface area contributed by atoms with Crippen LogP contribution in [0.25, 0.3) is 5.57 Å². The highest BCUT2D eigenvalue weighted by atomic mass is 19.1. The van der Waals surface area contributed by atoms with Gasteiger partial charge in [0.1, 0.15) is 12.5 Å². The first-order chi connectivity index (χ1) is 23.8. The summed E-state index contributed by atoms with van der Waals surface area (Å²) in [4.78, 5) is 15.6. The summed E-state index contributed by atoms with van der Waals surface area (Å²) in [6.07, 6.45) is 12.4. The number of carbonyl (C=O) groups excluding carboxylic acids is 1. The molecule has 3 N–H and O–H groups in total. The monoisotopic (exact) mass is 699 g/mol. The Bertz CT molecular complexity index is 1380. The number of carbonyl (C=O) groups is 1. The van der Waals surface area contributed by atoms with Gasteiger partial charge in [-0.05, 0) is 109 Å². The van der Waals surface area contributed by atoms with Crippen LogP contribution in [0.4, 0.5) is 13.2 Å². The second kappa shape index (κ2) is 19.8. The number of hydrogen-bond donors (Lipinski definition) is 2. The predicted octanol–water partition coefficient (Wildman–Crippen LogP) is 9.72. The van der Waals surface area contributed by atoms with E-state index in [1.807, 2.05) is 26.8 Å². The summed E-state index contributed by atoms with van der Waals surface area (Å²) < 4.78 is 47.4. The molecule has 2 heterocycles. The van der Waals surface area contributed by atoms with Gasteiger partial charge in [0.15, 0.2) is 5.78 Å². The number of nitrogens with one attached hydrogen (secondary N) is 1. The first-order valence-corrected chi connectivity index (χ1v) is 18.9. The van der Waals surface area contributed by atoms with Crippen molar-refractivity contribution in [1.29, 1.82) is 0 Å². The number of benzene rings is 1. The molecule has 280 valence electrons. The smallest absolute Gasteiger partial charge is 0.157 e. The zero-order valence-electron chi connectivity index (χ0n) is 31.9. The normalized spacial score (nSPS) is 22.7. The maximum Gasteiger partial charge on any atom is 0.157 e. The van der Waals surface area contributed by atoms with Crippen molar-refractivity contribution in [1.82, 2.24) is 10.2 Å². The van der Waals surface area contributed by atoms with E-state index in [0.29, 0.717) is 47.0 Å². The van der Waals surface area contributed by atoms with E-state index < -0.39 is 18.0 Å². The summed E-state index contributed by atoms with van der Waals surface area (Å²) in [5.74, 6) is -0.483. The minimum atomic E-state index is -0.882. The van der Waals surface area contributed by atoms with Crippen molar-refractivity contribution in [2.45, 2.75) is 143 Å². The SMILES string of the molecule is C=C(C(/C=C(\C(C)=O)C1(N)COC1)=C(/CCCCCCCCC(C)N1C(C)CC(CF)CC1C)NCC)/C(C)=C(\C)c1cccc(CF)c1F. The van der Waals surface area contributed by atoms with Crippen LogP contribution < -0.4 is 11.1 Å². The van der Waals surface area contributed by atoms with Crippen molar-refractivity contribution in [2.75, 3.05) is 26.4 Å². The highest BCUT2D eigenvalue weighted by Crippen LogP contribution is 2.35. The predicted molar refractivity (Wildman–Crippen MR) is 202 cm³/mol. The lowest BCUT2D eigenvalue weighted by atomic mass is 9.82. The number of piperidine rings is 1. The first kappa shape index (κ1) is 41.7. The maximum absolute atomic E-state index is 15.2. The van der Waals surface area contributed by atoms with Gasteiger partial charge < -0.3 is 15.8 Å². The summed E-state index contributed by atoms with van der Waals surface area (Å²) in [6.45, 7) is 18.7. The lowest BCUT2D eigenvalue weighted by Crippen LogP contribution is -2.60. The van der Waals surface area contributed by atoms with Crippen LogP contribution in [-0.4, -0.2) is 60.8 Å². The number of nitrogens with zero attached hydrogens (tertiary/aromatic N) is 1. The molecule has 0 radical (unpaired) electrons. The largest absolute Gasteiger partial charge is 0.388 e.